The van der Waals surface area contributed by atoms with Crippen molar-refractivity contribution in [2.24, 2.45) is 0 Å². The van der Waals surface area contributed by atoms with E-state index in [1.54, 1.807) is 0 Å². The molecule has 0 aliphatic heterocycles. The van der Waals surface area contributed by atoms with Gasteiger partial charge in [0.1, 0.15) is 11.2 Å². The van der Waals surface area contributed by atoms with Crippen LogP contribution in [0.4, 0.5) is 17.1 Å². The van der Waals surface area contributed by atoms with Gasteiger partial charge in [0, 0.05) is 27.6 Å². The van der Waals surface area contributed by atoms with Crippen LogP contribution in [0, 0.1) is 0 Å². The maximum Gasteiger partial charge on any atom is 0.136 e. The maximum absolute atomic E-state index is 6.39. The summed E-state index contributed by atoms with van der Waals surface area (Å²) in [6.45, 7) is 13.9. The molecule has 0 bridgehead atoms. The molecule has 0 aliphatic rings. The molecule has 0 aliphatic carbocycles. The SMILES string of the molecule is CC(C)(C)c1cc(-c2ccccc2N(c2cccc(-c3cccc4oc5ccccc5c34)c2)c2ccccc2-c2cccc3cccc(-c4ccccc4)c23)cc(C(C)(C)C)c1. The summed E-state index contributed by atoms with van der Waals surface area (Å²) in [5.41, 5.74) is 17.1. The van der Waals surface area contributed by atoms with Crippen LogP contribution < -0.4 is 4.90 Å². The summed E-state index contributed by atoms with van der Waals surface area (Å²) in [5, 5.41) is 4.70. The topological polar surface area (TPSA) is 16.4 Å². The van der Waals surface area contributed by atoms with Gasteiger partial charge in [-0.25, -0.2) is 0 Å². The largest absolute Gasteiger partial charge is 0.456 e. The fourth-order valence-corrected chi connectivity index (χ4v) is 9.12. The minimum absolute atomic E-state index is 0.0331. The van der Waals surface area contributed by atoms with Crippen LogP contribution in [-0.4, -0.2) is 0 Å². The van der Waals surface area contributed by atoms with Gasteiger partial charge >= 0.3 is 0 Å². The van der Waals surface area contributed by atoms with Crippen LogP contribution in [0.25, 0.3) is 77.2 Å². The first-order valence-corrected chi connectivity index (χ1v) is 21.8. The molecule has 10 rings (SSSR count). The molecule has 0 fully saturated rings. The molecule has 0 unspecified atom stereocenters. The van der Waals surface area contributed by atoms with E-state index in [0.717, 1.165) is 55.7 Å². The van der Waals surface area contributed by atoms with Crippen molar-refractivity contribution in [1.29, 1.82) is 0 Å². The van der Waals surface area contributed by atoms with E-state index < -0.39 is 0 Å². The monoisotopic (exact) mass is 801 g/mol. The summed E-state index contributed by atoms with van der Waals surface area (Å²) in [4.78, 5) is 2.49. The minimum Gasteiger partial charge on any atom is -0.456 e. The predicted octanol–water partition coefficient (Wildman–Crippen LogP) is 17.5. The van der Waals surface area contributed by atoms with E-state index in [1.807, 2.05) is 6.07 Å². The molecule has 0 N–H and O–H groups in total. The summed E-state index contributed by atoms with van der Waals surface area (Å²) < 4.78 is 6.39. The Morgan fingerprint density at radius 2 is 0.871 bits per heavy atom. The van der Waals surface area contributed by atoms with Crippen LogP contribution in [0.15, 0.2) is 205 Å². The minimum atomic E-state index is -0.0331. The lowest BCUT2D eigenvalue weighted by Gasteiger charge is -2.31. The number of hydrogen-bond acceptors (Lipinski definition) is 2. The average Bonchev–Trinajstić information content (AvgIpc) is 3.68. The third-order valence-electron chi connectivity index (χ3n) is 12.4. The Morgan fingerprint density at radius 1 is 0.355 bits per heavy atom. The van der Waals surface area contributed by atoms with E-state index in [2.05, 4.69) is 241 Å². The summed E-state index contributed by atoms with van der Waals surface area (Å²) in [6.07, 6.45) is 0. The van der Waals surface area contributed by atoms with Crippen LogP contribution in [0.1, 0.15) is 52.7 Å². The van der Waals surface area contributed by atoms with E-state index in [0.29, 0.717) is 0 Å². The van der Waals surface area contributed by atoms with Gasteiger partial charge in [-0.05, 0) is 103 Å². The molecule has 9 aromatic carbocycles. The Morgan fingerprint density at radius 3 is 1.58 bits per heavy atom. The number of benzene rings is 9. The van der Waals surface area contributed by atoms with Gasteiger partial charge in [0.2, 0.25) is 0 Å². The molecule has 1 aromatic heterocycles. The van der Waals surface area contributed by atoms with Crippen LogP contribution in [0.5, 0.6) is 0 Å². The second kappa shape index (κ2) is 15.4. The Bertz CT molecular complexity index is 3230. The molecule has 1 heterocycles. The van der Waals surface area contributed by atoms with E-state index in [4.69, 9.17) is 4.42 Å². The molecule has 62 heavy (non-hydrogen) atoms. The van der Waals surface area contributed by atoms with Crippen molar-refractivity contribution in [2.75, 3.05) is 4.90 Å². The van der Waals surface area contributed by atoms with Gasteiger partial charge < -0.3 is 9.32 Å². The van der Waals surface area contributed by atoms with Crippen molar-refractivity contribution >= 4 is 49.8 Å². The normalized spacial score (nSPS) is 12.0. The maximum atomic E-state index is 6.39. The van der Waals surface area contributed by atoms with Crippen molar-refractivity contribution in [1.82, 2.24) is 0 Å². The average molecular weight is 802 g/mol. The number of para-hydroxylation sites is 3. The highest BCUT2D eigenvalue weighted by molar-refractivity contribution is 6.13. The zero-order chi connectivity index (χ0) is 42.6. The highest BCUT2D eigenvalue weighted by Gasteiger charge is 2.26. The van der Waals surface area contributed by atoms with Gasteiger partial charge in [0.05, 0.1) is 11.4 Å². The second-order valence-electron chi connectivity index (χ2n) is 18.6. The summed E-state index contributed by atoms with van der Waals surface area (Å²) in [5.74, 6) is 0. The first-order chi connectivity index (χ1) is 30.0. The van der Waals surface area contributed by atoms with E-state index in [9.17, 15) is 0 Å². The number of furan rings is 1. The van der Waals surface area contributed by atoms with Gasteiger partial charge in [-0.3, -0.25) is 0 Å². The number of fused-ring (bicyclic) bond motifs is 4. The third-order valence-corrected chi connectivity index (χ3v) is 12.4. The molecular formula is C60H51NO. The van der Waals surface area contributed by atoms with Crippen LogP contribution in [0.2, 0.25) is 0 Å². The summed E-state index contributed by atoms with van der Waals surface area (Å²) in [7, 11) is 0. The lowest BCUT2D eigenvalue weighted by molar-refractivity contribution is 0.569. The molecule has 0 spiro atoms. The number of anilines is 3. The molecular weight excluding hydrogens is 751 g/mol. The molecule has 2 heteroatoms. The Balaban J connectivity index is 1.26. The van der Waals surface area contributed by atoms with E-state index in [1.165, 1.54) is 49.7 Å². The lowest BCUT2D eigenvalue weighted by Crippen LogP contribution is -2.17. The number of hydrogen-bond donors (Lipinski definition) is 0. The summed E-state index contributed by atoms with van der Waals surface area (Å²) >= 11 is 0. The van der Waals surface area contributed by atoms with Crippen molar-refractivity contribution in [2.45, 2.75) is 52.4 Å². The lowest BCUT2D eigenvalue weighted by atomic mass is 9.78. The highest BCUT2D eigenvalue weighted by atomic mass is 16.3. The highest BCUT2D eigenvalue weighted by Crippen LogP contribution is 2.49. The molecule has 10 aromatic rings. The fraction of sp³-hybridized carbons (Fsp3) is 0.133. The first-order valence-electron chi connectivity index (χ1n) is 21.8. The molecule has 0 atom stereocenters. The van der Waals surface area contributed by atoms with E-state index >= 15 is 0 Å². The fourth-order valence-electron chi connectivity index (χ4n) is 9.12. The zero-order valence-electron chi connectivity index (χ0n) is 36.4. The quantitative estimate of drug-likeness (QED) is 0.160. The van der Waals surface area contributed by atoms with Crippen LogP contribution >= 0.6 is 0 Å². The Labute approximate surface area is 365 Å². The molecule has 0 amide bonds. The standard InChI is InChI=1S/C60H51NO/c1-59(2,3)44-36-43(37-45(39-44)60(4,5)6)47-26-10-13-32-53(47)61(46-25-16-24-42(38-46)49-30-19-35-56-58(49)52-28-12-15-34-55(52)62-56)54-33-14-11-27-50(54)51-31-18-23-41-22-17-29-48(57(41)51)40-20-8-7-9-21-40/h7-39H,1-6H3. The van der Waals surface area contributed by atoms with Crippen LogP contribution in [0.3, 0.4) is 0 Å². The smallest absolute Gasteiger partial charge is 0.136 e. The number of nitrogens with zero attached hydrogens (tertiary/aromatic N) is 1. The van der Waals surface area contributed by atoms with Gasteiger partial charge in [0.25, 0.3) is 0 Å². The predicted molar refractivity (Wildman–Crippen MR) is 265 cm³/mol. The van der Waals surface area contributed by atoms with Crippen molar-refractivity contribution in [3.63, 3.8) is 0 Å². The Kier molecular flexibility index (Phi) is 9.68. The van der Waals surface area contributed by atoms with Gasteiger partial charge in [0.15, 0.2) is 0 Å². The number of rotatable bonds is 7. The van der Waals surface area contributed by atoms with Crippen LogP contribution in [-0.2, 0) is 10.8 Å². The van der Waals surface area contributed by atoms with Gasteiger partial charge in [-0.15, -0.1) is 0 Å². The van der Waals surface area contributed by atoms with Gasteiger partial charge in [-0.1, -0.05) is 205 Å². The van der Waals surface area contributed by atoms with E-state index in [-0.39, 0.29) is 10.8 Å². The van der Waals surface area contributed by atoms with Crippen molar-refractivity contribution < 1.29 is 4.42 Å². The molecule has 0 saturated heterocycles. The first kappa shape index (κ1) is 39.0. The summed E-state index contributed by atoms with van der Waals surface area (Å²) in [6, 6.07) is 73.1. The zero-order valence-corrected chi connectivity index (χ0v) is 36.4. The third kappa shape index (κ3) is 7.06. The Hall–Kier alpha value is -7.16. The van der Waals surface area contributed by atoms with Crippen molar-refractivity contribution in [3.8, 4) is 44.5 Å². The van der Waals surface area contributed by atoms with Gasteiger partial charge in [-0.2, -0.15) is 0 Å². The molecule has 302 valence electrons. The van der Waals surface area contributed by atoms with Crippen molar-refractivity contribution in [3.05, 3.63) is 211 Å². The molecule has 0 radical (unpaired) electrons. The molecule has 0 saturated carbocycles. The second-order valence-corrected chi connectivity index (χ2v) is 18.6. The molecule has 2 nitrogen and oxygen atoms in total.